The van der Waals surface area contributed by atoms with Crippen LogP contribution in [0.3, 0.4) is 0 Å². The number of likely N-dealkylation sites (N-methyl/N-ethyl adjacent to an activating group) is 1. The van der Waals surface area contributed by atoms with E-state index in [0.717, 1.165) is 42.5 Å². The summed E-state index contributed by atoms with van der Waals surface area (Å²) in [7, 11) is 3.86. The fraction of sp³-hybridized carbons (Fsp3) is 0.615. The van der Waals surface area contributed by atoms with Crippen molar-refractivity contribution in [3.8, 4) is 0 Å². The maximum atomic E-state index is 10.2. The van der Waals surface area contributed by atoms with Crippen molar-refractivity contribution >= 4 is 16.9 Å². The number of aliphatic hydroxyl groups excluding tert-OH is 1. The second-order valence-corrected chi connectivity index (χ2v) is 5.23. The molecule has 6 nitrogen and oxygen atoms in total. The van der Waals surface area contributed by atoms with Crippen LogP contribution in [0.1, 0.15) is 25.7 Å². The van der Waals surface area contributed by atoms with E-state index in [-0.39, 0.29) is 12.1 Å². The Labute approximate surface area is 112 Å². The minimum atomic E-state index is -0.277. The van der Waals surface area contributed by atoms with Crippen LogP contribution < -0.4 is 4.90 Å². The average molecular weight is 261 g/mol. The summed E-state index contributed by atoms with van der Waals surface area (Å²) in [6.07, 6.45) is 7.21. The predicted octanol–water partition coefficient (Wildman–Crippen LogP) is 1.10. The van der Waals surface area contributed by atoms with Crippen LogP contribution in [0.5, 0.6) is 0 Å². The molecule has 2 aromatic rings. The smallest absolute Gasteiger partial charge is 0.163 e. The highest BCUT2D eigenvalue weighted by Crippen LogP contribution is 2.28. The molecule has 0 aromatic carbocycles. The van der Waals surface area contributed by atoms with Crippen molar-refractivity contribution < 1.29 is 5.11 Å². The Balaban J connectivity index is 1.99. The number of aryl methyl sites for hydroxylation is 1. The van der Waals surface area contributed by atoms with E-state index in [4.69, 9.17) is 0 Å². The summed E-state index contributed by atoms with van der Waals surface area (Å²) in [4.78, 5) is 10.7. The topological polar surface area (TPSA) is 67.1 Å². The molecular formula is C13H19N5O. The first-order valence-electron chi connectivity index (χ1n) is 6.72. The Kier molecular flexibility index (Phi) is 3.10. The second-order valence-electron chi connectivity index (χ2n) is 5.23. The van der Waals surface area contributed by atoms with Crippen LogP contribution >= 0.6 is 0 Å². The van der Waals surface area contributed by atoms with E-state index in [1.165, 1.54) is 0 Å². The Morgan fingerprint density at radius 2 is 2.11 bits per heavy atom. The number of hydrogen-bond donors (Lipinski definition) is 1. The third-order valence-corrected chi connectivity index (χ3v) is 4.03. The molecular weight excluding hydrogens is 242 g/mol. The number of aromatic nitrogens is 4. The number of fused-ring (bicyclic) bond motifs is 1. The Morgan fingerprint density at radius 3 is 2.89 bits per heavy atom. The third-order valence-electron chi connectivity index (χ3n) is 4.03. The van der Waals surface area contributed by atoms with Gasteiger partial charge in [-0.3, -0.25) is 4.68 Å². The maximum Gasteiger partial charge on any atom is 0.163 e. The van der Waals surface area contributed by atoms with Crippen LogP contribution in [0.15, 0.2) is 12.5 Å². The van der Waals surface area contributed by atoms with Crippen LogP contribution in [-0.2, 0) is 7.05 Å². The maximum absolute atomic E-state index is 10.2. The molecule has 6 heteroatoms. The molecule has 1 fully saturated rings. The number of nitrogens with zero attached hydrogens (tertiary/aromatic N) is 5. The second kappa shape index (κ2) is 4.77. The summed E-state index contributed by atoms with van der Waals surface area (Å²) >= 11 is 0. The van der Waals surface area contributed by atoms with Crippen molar-refractivity contribution in [3.05, 3.63) is 12.5 Å². The lowest BCUT2D eigenvalue weighted by molar-refractivity contribution is 0.106. The van der Waals surface area contributed by atoms with E-state index in [1.54, 1.807) is 17.2 Å². The quantitative estimate of drug-likeness (QED) is 0.877. The van der Waals surface area contributed by atoms with Gasteiger partial charge in [-0.15, -0.1) is 0 Å². The summed E-state index contributed by atoms with van der Waals surface area (Å²) < 4.78 is 1.74. The van der Waals surface area contributed by atoms with Gasteiger partial charge in [0.15, 0.2) is 5.65 Å². The third kappa shape index (κ3) is 2.06. The van der Waals surface area contributed by atoms with Crippen LogP contribution in [0, 0.1) is 0 Å². The number of anilines is 1. The number of hydrogen-bond acceptors (Lipinski definition) is 5. The lowest BCUT2D eigenvalue weighted by Crippen LogP contribution is -2.43. The molecule has 2 unspecified atom stereocenters. The van der Waals surface area contributed by atoms with Gasteiger partial charge in [0, 0.05) is 14.1 Å². The predicted molar refractivity (Wildman–Crippen MR) is 73.0 cm³/mol. The van der Waals surface area contributed by atoms with Crippen molar-refractivity contribution in [2.24, 2.45) is 7.05 Å². The molecule has 102 valence electrons. The molecule has 0 amide bonds. The molecule has 0 spiro atoms. The van der Waals surface area contributed by atoms with Gasteiger partial charge in [0.1, 0.15) is 12.1 Å². The minimum absolute atomic E-state index is 0.132. The Hall–Kier alpha value is -1.69. The van der Waals surface area contributed by atoms with E-state index in [2.05, 4.69) is 20.0 Å². The molecule has 2 atom stereocenters. The fourth-order valence-corrected chi connectivity index (χ4v) is 2.93. The molecule has 19 heavy (non-hydrogen) atoms. The van der Waals surface area contributed by atoms with Gasteiger partial charge in [-0.2, -0.15) is 5.10 Å². The van der Waals surface area contributed by atoms with Gasteiger partial charge in [-0.25, -0.2) is 9.97 Å². The van der Waals surface area contributed by atoms with Crippen molar-refractivity contribution in [1.29, 1.82) is 0 Å². The van der Waals surface area contributed by atoms with E-state index < -0.39 is 0 Å². The Morgan fingerprint density at radius 1 is 1.32 bits per heavy atom. The van der Waals surface area contributed by atoms with E-state index in [0.29, 0.717) is 0 Å². The van der Waals surface area contributed by atoms with Crippen molar-refractivity contribution in [3.63, 3.8) is 0 Å². The van der Waals surface area contributed by atoms with Gasteiger partial charge >= 0.3 is 0 Å². The van der Waals surface area contributed by atoms with E-state index >= 15 is 0 Å². The zero-order chi connectivity index (χ0) is 13.4. The Bertz CT molecular complexity index is 581. The molecule has 0 saturated heterocycles. The summed E-state index contributed by atoms with van der Waals surface area (Å²) in [5.41, 5.74) is 0.821. The number of rotatable bonds is 2. The number of aliphatic hydroxyl groups is 1. The molecule has 2 aromatic heterocycles. The van der Waals surface area contributed by atoms with Crippen LogP contribution in [0.4, 0.5) is 5.82 Å². The minimum Gasteiger partial charge on any atom is -0.391 e. The van der Waals surface area contributed by atoms with Crippen molar-refractivity contribution in [2.75, 3.05) is 11.9 Å². The molecule has 2 heterocycles. The summed E-state index contributed by atoms with van der Waals surface area (Å²) in [5, 5.41) is 15.3. The molecule has 1 aliphatic rings. The first-order valence-corrected chi connectivity index (χ1v) is 6.72. The van der Waals surface area contributed by atoms with Gasteiger partial charge in [-0.05, 0) is 12.8 Å². The van der Waals surface area contributed by atoms with Gasteiger partial charge in [0.25, 0.3) is 0 Å². The molecule has 0 radical (unpaired) electrons. The molecule has 0 aliphatic heterocycles. The lowest BCUT2D eigenvalue weighted by Gasteiger charge is -2.36. The van der Waals surface area contributed by atoms with Gasteiger partial charge in [0.05, 0.1) is 23.7 Å². The first-order chi connectivity index (χ1) is 9.18. The fourth-order valence-electron chi connectivity index (χ4n) is 2.93. The van der Waals surface area contributed by atoms with E-state index in [1.807, 2.05) is 14.1 Å². The monoisotopic (exact) mass is 261 g/mol. The summed E-state index contributed by atoms with van der Waals surface area (Å²) in [6, 6.07) is 0.132. The zero-order valence-electron chi connectivity index (χ0n) is 11.3. The standard InChI is InChI=1S/C13H19N5O/c1-17(10-5-3-4-6-11(10)19)12-9-7-16-18(2)13(9)15-8-14-12/h7-8,10-11,19H,3-6H2,1-2H3. The zero-order valence-corrected chi connectivity index (χ0v) is 11.3. The van der Waals surface area contributed by atoms with Crippen molar-refractivity contribution in [2.45, 2.75) is 37.8 Å². The van der Waals surface area contributed by atoms with Crippen LogP contribution in [0.2, 0.25) is 0 Å². The molecule has 0 bridgehead atoms. The highest BCUT2D eigenvalue weighted by Gasteiger charge is 2.28. The van der Waals surface area contributed by atoms with Gasteiger partial charge in [-0.1, -0.05) is 12.8 Å². The summed E-state index contributed by atoms with van der Waals surface area (Å²) in [6.45, 7) is 0. The van der Waals surface area contributed by atoms with Gasteiger partial charge in [0.2, 0.25) is 0 Å². The highest BCUT2D eigenvalue weighted by molar-refractivity contribution is 5.86. The average Bonchev–Trinajstić information content (AvgIpc) is 2.80. The summed E-state index contributed by atoms with van der Waals surface area (Å²) in [5.74, 6) is 0.851. The molecule has 1 aliphatic carbocycles. The highest BCUT2D eigenvalue weighted by atomic mass is 16.3. The van der Waals surface area contributed by atoms with Gasteiger partial charge < -0.3 is 10.0 Å². The largest absolute Gasteiger partial charge is 0.391 e. The molecule has 1 saturated carbocycles. The first kappa shape index (κ1) is 12.3. The lowest BCUT2D eigenvalue weighted by atomic mass is 9.91. The molecule has 1 N–H and O–H groups in total. The molecule has 3 rings (SSSR count). The van der Waals surface area contributed by atoms with Crippen LogP contribution in [0.25, 0.3) is 11.0 Å². The van der Waals surface area contributed by atoms with E-state index in [9.17, 15) is 5.11 Å². The van der Waals surface area contributed by atoms with Crippen molar-refractivity contribution in [1.82, 2.24) is 19.7 Å². The van der Waals surface area contributed by atoms with Crippen LogP contribution in [-0.4, -0.2) is 44.0 Å². The SMILES string of the molecule is CN(c1ncnc2c1cnn2C)C1CCCCC1O. The normalized spacial score (nSPS) is 23.7.